The molecule has 3 aromatic rings. The molecule has 0 aliphatic rings. The second-order valence-corrected chi connectivity index (χ2v) is 7.87. The minimum Gasteiger partial charge on any atom is -0.302 e. The molecule has 0 saturated heterocycles. The van der Waals surface area contributed by atoms with Crippen molar-refractivity contribution in [3.8, 4) is 0 Å². The van der Waals surface area contributed by atoms with Crippen LogP contribution in [-0.2, 0) is 6.54 Å². The Labute approximate surface area is 165 Å². The van der Waals surface area contributed by atoms with Crippen molar-refractivity contribution >= 4 is 17.5 Å². The van der Waals surface area contributed by atoms with Gasteiger partial charge in [0.05, 0.1) is 12.3 Å². The van der Waals surface area contributed by atoms with Crippen LogP contribution in [0, 0.1) is 34.6 Å². The van der Waals surface area contributed by atoms with Gasteiger partial charge in [0, 0.05) is 5.56 Å². The number of hydrogen-bond donors (Lipinski definition) is 0. The predicted octanol–water partition coefficient (Wildman–Crippen LogP) is 4.84. The number of nitrogens with zero attached hydrogens (tertiary/aromatic N) is 3. The van der Waals surface area contributed by atoms with E-state index < -0.39 is 0 Å². The second-order valence-electron chi connectivity index (χ2n) is 6.93. The number of benzene rings is 2. The SMILES string of the molecule is Cc1cc(C(=O)CSc2nnc(C)n2Cc2ccccc2)c(C)c(C)c1C. The highest BCUT2D eigenvalue weighted by atomic mass is 32.2. The van der Waals surface area contributed by atoms with Gasteiger partial charge in [-0.15, -0.1) is 10.2 Å². The Balaban J connectivity index is 1.77. The lowest BCUT2D eigenvalue weighted by molar-refractivity contribution is 0.102. The number of ketones is 1. The van der Waals surface area contributed by atoms with Gasteiger partial charge >= 0.3 is 0 Å². The maximum atomic E-state index is 12.9. The van der Waals surface area contributed by atoms with Gasteiger partial charge in [-0.25, -0.2) is 0 Å². The van der Waals surface area contributed by atoms with Crippen LogP contribution < -0.4 is 0 Å². The topological polar surface area (TPSA) is 47.8 Å². The number of hydrogen-bond acceptors (Lipinski definition) is 4. The molecule has 4 nitrogen and oxygen atoms in total. The Morgan fingerprint density at radius 1 is 0.963 bits per heavy atom. The highest BCUT2D eigenvalue weighted by Gasteiger charge is 2.17. The zero-order valence-corrected chi connectivity index (χ0v) is 17.4. The fourth-order valence-electron chi connectivity index (χ4n) is 3.13. The first-order valence-electron chi connectivity index (χ1n) is 9.05. The molecule has 1 aromatic heterocycles. The number of aryl methyl sites for hydroxylation is 2. The summed E-state index contributed by atoms with van der Waals surface area (Å²) in [6.45, 7) is 10.9. The average Bonchev–Trinajstić information content (AvgIpc) is 3.01. The number of rotatable bonds is 6. The Hall–Kier alpha value is -2.40. The van der Waals surface area contributed by atoms with E-state index in [1.165, 1.54) is 28.5 Å². The molecule has 1 heterocycles. The van der Waals surface area contributed by atoms with E-state index in [2.05, 4.69) is 47.7 Å². The predicted molar refractivity (Wildman–Crippen MR) is 111 cm³/mol. The minimum absolute atomic E-state index is 0.135. The molecular formula is C22H25N3OS. The van der Waals surface area contributed by atoms with Gasteiger partial charge in [0.25, 0.3) is 0 Å². The van der Waals surface area contributed by atoms with Crippen LogP contribution in [0.2, 0.25) is 0 Å². The number of thioether (sulfide) groups is 1. The summed E-state index contributed by atoms with van der Waals surface area (Å²) >= 11 is 1.45. The van der Waals surface area contributed by atoms with E-state index in [0.29, 0.717) is 12.3 Å². The molecule has 0 radical (unpaired) electrons. The smallest absolute Gasteiger partial charge is 0.191 e. The number of carbonyl (C=O) groups is 1. The third-order valence-corrected chi connectivity index (χ3v) is 6.17. The largest absolute Gasteiger partial charge is 0.302 e. The van der Waals surface area contributed by atoms with Gasteiger partial charge < -0.3 is 4.57 Å². The Morgan fingerprint density at radius 2 is 1.67 bits per heavy atom. The number of carbonyl (C=O) groups excluding carboxylic acids is 1. The van der Waals surface area contributed by atoms with Gasteiger partial charge in [0.1, 0.15) is 5.82 Å². The van der Waals surface area contributed by atoms with Crippen LogP contribution in [0.4, 0.5) is 0 Å². The van der Waals surface area contributed by atoms with Crippen LogP contribution in [0.15, 0.2) is 41.6 Å². The maximum absolute atomic E-state index is 12.9. The van der Waals surface area contributed by atoms with E-state index in [1.807, 2.05) is 38.1 Å². The monoisotopic (exact) mass is 379 g/mol. The van der Waals surface area contributed by atoms with E-state index in [-0.39, 0.29) is 5.78 Å². The van der Waals surface area contributed by atoms with E-state index in [9.17, 15) is 4.79 Å². The van der Waals surface area contributed by atoms with E-state index in [4.69, 9.17) is 0 Å². The van der Waals surface area contributed by atoms with E-state index >= 15 is 0 Å². The summed E-state index contributed by atoms with van der Waals surface area (Å²) in [5.74, 6) is 1.35. The third kappa shape index (κ3) is 4.14. The van der Waals surface area contributed by atoms with E-state index in [0.717, 1.165) is 27.7 Å². The summed E-state index contributed by atoms with van der Waals surface area (Å²) < 4.78 is 2.06. The summed E-state index contributed by atoms with van der Waals surface area (Å²) in [5.41, 5.74) is 6.70. The van der Waals surface area contributed by atoms with Crippen LogP contribution in [0.5, 0.6) is 0 Å². The van der Waals surface area contributed by atoms with Gasteiger partial charge in [0.15, 0.2) is 10.9 Å². The molecule has 2 aromatic carbocycles. The molecule has 27 heavy (non-hydrogen) atoms. The highest BCUT2D eigenvalue weighted by molar-refractivity contribution is 7.99. The van der Waals surface area contributed by atoms with Gasteiger partial charge in [-0.2, -0.15) is 0 Å². The first kappa shape index (κ1) is 19.4. The first-order chi connectivity index (χ1) is 12.9. The quantitative estimate of drug-likeness (QED) is 0.454. The summed E-state index contributed by atoms with van der Waals surface area (Å²) in [6, 6.07) is 12.2. The van der Waals surface area contributed by atoms with Crippen molar-refractivity contribution in [2.24, 2.45) is 0 Å². The zero-order chi connectivity index (χ0) is 19.6. The molecule has 0 amide bonds. The third-order valence-electron chi connectivity index (χ3n) is 5.20. The number of Topliss-reactive ketones (excluding diaryl/α,β-unsaturated/α-hetero) is 1. The molecule has 0 aliphatic heterocycles. The normalized spacial score (nSPS) is 11.0. The molecule has 0 atom stereocenters. The van der Waals surface area contributed by atoms with Crippen molar-refractivity contribution in [2.45, 2.75) is 46.3 Å². The Kier molecular flexibility index (Phi) is 5.80. The molecule has 0 saturated carbocycles. The van der Waals surface area contributed by atoms with Gasteiger partial charge in [-0.05, 0) is 68.5 Å². The molecule has 0 N–H and O–H groups in total. The van der Waals surface area contributed by atoms with Crippen LogP contribution in [-0.4, -0.2) is 26.3 Å². The van der Waals surface area contributed by atoms with Crippen LogP contribution >= 0.6 is 11.8 Å². The van der Waals surface area contributed by atoms with E-state index in [1.54, 1.807) is 0 Å². The summed E-state index contributed by atoms with van der Waals surface area (Å²) in [5, 5.41) is 9.25. The van der Waals surface area contributed by atoms with Crippen LogP contribution in [0.1, 0.15) is 44.0 Å². The lowest BCUT2D eigenvalue weighted by Gasteiger charge is -2.13. The highest BCUT2D eigenvalue weighted by Crippen LogP contribution is 2.25. The molecule has 0 fully saturated rings. The lowest BCUT2D eigenvalue weighted by atomic mass is 9.93. The fraction of sp³-hybridized carbons (Fsp3) is 0.318. The molecule has 5 heteroatoms. The summed E-state index contributed by atoms with van der Waals surface area (Å²) in [6.07, 6.45) is 0. The van der Waals surface area contributed by atoms with Crippen LogP contribution in [0.25, 0.3) is 0 Å². The second kappa shape index (κ2) is 8.09. The molecule has 0 unspecified atom stereocenters. The maximum Gasteiger partial charge on any atom is 0.191 e. The number of aromatic nitrogens is 3. The van der Waals surface area contributed by atoms with Crippen molar-refractivity contribution in [3.63, 3.8) is 0 Å². The minimum atomic E-state index is 0.135. The van der Waals surface area contributed by atoms with Gasteiger partial charge in [-0.1, -0.05) is 42.1 Å². The molecule has 140 valence electrons. The van der Waals surface area contributed by atoms with Crippen molar-refractivity contribution in [3.05, 3.63) is 75.6 Å². The van der Waals surface area contributed by atoms with Crippen molar-refractivity contribution in [1.82, 2.24) is 14.8 Å². The standard InChI is InChI=1S/C22H25N3OS/c1-14-11-20(17(4)16(3)15(14)2)21(26)13-27-22-24-23-18(5)25(22)12-19-9-7-6-8-10-19/h6-11H,12-13H2,1-5H3. The summed E-state index contributed by atoms with van der Waals surface area (Å²) in [7, 11) is 0. The molecule has 0 spiro atoms. The lowest BCUT2D eigenvalue weighted by Crippen LogP contribution is -2.10. The Bertz CT molecular complexity index is 977. The molecule has 0 bridgehead atoms. The summed E-state index contributed by atoms with van der Waals surface area (Å²) in [4.78, 5) is 12.9. The van der Waals surface area contributed by atoms with Crippen molar-refractivity contribution in [2.75, 3.05) is 5.75 Å². The molecule has 0 aliphatic carbocycles. The first-order valence-corrected chi connectivity index (χ1v) is 10.0. The van der Waals surface area contributed by atoms with Crippen molar-refractivity contribution < 1.29 is 4.79 Å². The van der Waals surface area contributed by atoms with Gasteiger partial charge in [0.2, 0.25) is 0 Å². The zero-order valence-electron chi connectivity index (χ0n) is 16.5. The van der Waals surface area contributed by atoms with Crippen molar-refractivity contribution in [1.29, 1.82) is 0 Å². The molecule has 3 rings (SSSR count). The average molecular weight is 380 g/mol. The Morgan fingerprint density at radius 3 is 2.37 bits per heavy atom. The molecular weight excluding hydrogens is 354 g/mol. The van der Waals surface area contributed by atoms with Crippen LogP contribution in [0.3, 0.4) is 0 Å². The fourth-order valence-corrected chi connectivity index (χ4v) is 3.99. The van der Waals surface area contributed by atoms with Gasteiger partial charge in [-0.3, -0.25) is 4.79 Å².